The minimum absolute atomic E-state index is 0.0459. The first kappa shape index (κ1) is 18.8. The van der Waals surface area contributed by atoms with Crippen molar-refractivity contribution in [1.29, 1.82) is 0 Å². The van der Waals surface area contributed by atoms with Gasteiger partial charge in [-0.05, 0) is 42.8 Å². The van der Waals surface area contributed by atoms with E-state index in [0.717, 1.165) is 5.56 Å². The fourth-order valence-corrected chi connectivity index (χ4v) is 4.49. The van der Waals surface area contributed by atoms with Crippen LogP contribution < -0.4 is 5.32 Å². The number of nitrogens with zero attached hydrogens (tertiary/aromatic N) is 1. The second-order valence-electron chi connectivity index (χ2n) is 6.21. The Morgan fingerprint density at radius 1 is 1.04 bits per heavy atom. The van der Waals surface area contributed by atoms with Crippen molar-refractivity contribution in [1.82, 2.24) is 10.3 Å². The summed E-state index contributed by atoms with van der Waals surface area (Å²) in [6.45, 7) is 1.85. The highest BCUT2D eigenvalue weighted by Gasteiger charge is 2.29. The summed E-state index contributed by atoms with van der Waals surface area (Å²) in [7, 11) is -3.69. The third kappa shape index (κ3) is 4.41. The number of aryl methyl sites for hydroxylation is 1. The van der Waals surface area contributed by atoms with Crippen LogP contribution in [0.4, 0.5) is 0 Å². The molecule has 1 amide bonds. The van der Waals surface area contributed by atoms with Gasteiger partial charge in [0.05, 0.1) is 4.90 Å². The van der Waals surface area contributed by atoms with Gasteiger partial charge in [-0.25, -0.2) is 8.42 Å². The van der Waals surface area contributed by atoms with E-state index >= 15 is 0 Å². The lowest BCUT2D eigenvalue weighted by molar-refractivity contribution is 0.0953. The van der Waals surface area contributed by atoms with Crippen molar-refractivity contribution < 1.29 is 13.2 Å². The van der Waals surface area contributed by atoms with Crippen molar-refractivity contribution in [3.8, 4) is 0 Å². The molecule has 1 unspecified atom stereocenters. The molecule has 0 aliphatic rings. The first-order valence-electron chi connectivity index (χ1n) is 8.52. The molecule has 0 saturated carbocycles. The molecule has 0 aliphatic heterocycles. The van der Waals surface area contributed by atoms with Gasteiger partial charge in [0, 0.05) is 24.5 Å². The molecular formula is C21H20N2O3S. The van der Waals surface area contributed by atoms with Crippen LogP contribution in [0.1, 0.15) is 26.7 Å². The minimum atomic E-state index is -3.69. The van der Waals surface area contributed by atoms with Crippen LogP contribution in [0, 0.1) is 6.92 Å². The van der Waals surface area contributed by atoms with E-state index in [1.807, 2.05) is 13.0 Å². The number of amides is 1. The molecule has 27 heavy (non-hydrogen) atoms. The van der Waals surface area contributed by atoms with Crippen molar-refractivity contribution in [2.75, 3.05) is 6.54 Å². The van der Waals surface area contributed by atoms with Gasteiger partial charge in [-0.15, -0.1) is 0 Å². The van der Waals surface area contributed by atoms with Crippen molar-refractivity contribution >= 4 is 15.7 Å². The van der Waals surface area contributed by atoms with Gasteiger partial charge in [0.1, 0.15) is 5.25 Å². The van der Waals surface area contributed by atoms with Crippen LogP contribution in [-0.2, 0) is 9.84 Å². The topological polar surface area (TPSA) is 76.1 Å². The van der Waals surface area contributed by atoms with E-state index in [1.54, 1.807) is 66.9 Å². The molecule has 0 radical (unpaired) electrons. The maximum atomic E-state index is 13.2. The Labute approximate surface area is 159 Å². The maximum absolute atomic E-state index is 13.2. The van der Waals surface area contributed by atoms with Gasteiger partial charge >= 0.3 is 0 Å². The smallest absolute Gasteiger partial charge is 0.251 e. The zero-order valence-corrected chi connectivity index (χ0v) is 15.7. The third-order valence-electron chi connectivity index (χ3n) is 4.23. The quantitative estimate of drug-likeness (QED) is 0.712. The van der Waals surface area contributed by atoms with Crippen molar-refractivity contribution in [2.45, 2.75) is 17.1 Å². The fraction of sp³-hybridized carbons (Fsp3) is 0.143. The van der Waals surface area contributed by atoms with Gasteiger partial charge < -0.3 is 5.32 Å². The van der Waals surface area contributed by atoms with E-state index in [1.165, 1.54) is 6.20 Å². The Balaban J connectivity index is 1.89. The van der Waals surface area contributed by atoms with Crippen molar-refractivity contribution in [3.63, 3.8) is 0 Å². The number of benzene rings is 2. The number of rotatable bonds is 6. The molecule has 0 fully saturated rings. The van der Waals surface area contributed by atoms with E-state index in [0.29, 0.717) is 11.1 Å². The number of carbonyl (C=O) groups is 1. The van der Waals surface area contributed by atoms with Crippen LogP contribution in [-0.4, -0.2) is 25.9 Å². The molecule has 6 heteroatoms. The monoisotopic (exact) mass is 380 g/mol. The normalized spacial score (nSPS) is 12.3. The Hall–Kier alpha value is -2.99. The Bertz CT molecular complexity index is 1020. The van der Waals surface area contributed by atoms with Crippen molar-refractivity contribution in [2.24, 2.45) is 0 Å². The van der Waals surface area contributed by atoms with Gasteiger partial charge in [0.15, 0.2) is 9.84 Å². The van der Waals surface area contributed by atoms with E-state index < -0.39 is 15.1 Å². The Morgan fingerprint density at radius 2 is 1.81 bits per heavy atom. The van der Waals surface area contributed by atoms with E-state index in [9.17, 15) is 13.2 Å². The van der Waals surface area contributed by atoms with Crippen LogP contribution >= 0.6 is 0 Å². The van der Waals surface area contributed by atoms with E-state index in [4.69, 9.17) is 0 Å². The van der Waals surface area contributed by atoms with Crippen LogP contribution in [0.5, 0.6) is 0 Å². The van der Waals surface area contributed by atoms with Crippen molar-refractivity contribution in [3.05, 3.63) is 95.8 Å². The van der Waals surface area contributed by atoms with Gasteiger partial charge in [-0.3, -0.25) is 9.78 Å². The largest absolute Gasteiger partial charge is 0.350 e. The van der Waals surface area contributed by atoms with Gasteiger partial charge in [-0.2, -0.15) is 0 Å². The van der Waals surface area contributed by atoms with Crippen LogP contribution in [0.25, 0.3) is 0 Å². The summed E-state index contributed by atoms with van der Waals surface area (Å²) >= 11 is 0. The van der Waals surface area contributed by atoms with Gasteiger partial charge in [-0.1, -0.05) is 42.0 Å². The molecule has 138 valence electrons. The maximum Gasteiger partial charge on any atom is 0.251 e. The summed E-state index contributed by atoms with van der Waals surface area (Å²) in [4.78, 5) is 16.7. The molecule has 5 nitrogen and oxygen atoms in total. The molecule has 1 aromatic heterocycles. The number of pyridine rings is 1. The molecule has 2 aromatic carbocycles. The first-order chi connectivity index (χ1) is 13.0. The summed E-state index contributed by atoms with van der Waals surface area (Å²) in [5, 5.41) is 1.83. The number of hydrogen-bond donors (Lipinski definition) is 1. The average molecular weight is 380 g/mol. The molecule has 0 saturated heterocycles. The standard InChI is InChI=1S/C21H20N2O3S/c1-16-7-5-8-17(13-16)21(24)23-15-20(18-9-6-12-22-14-18)27(25,26)19-10-3-2-4-11-19/h2-14,20H,15H2,1H3,(H,23,24). The van der Waals surface area contributed by atoms with Crippen LogP contribution in [0.15, 0.2) is 84.0 Å². The fourth-order valence-electron chi connectivity index (χ4n) is 2.82. The van der Waals surface area contributed by atoms with E-state index in [2.05, 4.69) is 10.3 Å². The summed E-state index contributed by atoms with van der Waals surface area (Å²) in [5.41, 5.74) is 1.99. The Kier molecular flexibility index (Phi) is 5.66. The van der Waals surface area contributed by atoms with Crippen LogP contribution in [0.2, 0.25) is 0 Å². The number of nitrogens with one attached hydrogen (secondary N) is 1. The summed E-state index contributed by atoms with van der Waals surface area (Å²) in [6.07, 6.45) is 3.10. The molecule has 0 aliphatic carbocycles. The molecule has 3 aromatic rings. The van der Waals surface area contributed by atoms with Crippen LogP contribution in [0.3, 0.4) is 0 Å². The summed E-state index contributed by atoms with van der Waals surface area (Å²) in [5.74, 6) is -0.309. The minimum Gasteiger partial charge on any atom is -0.350 e. The highest BCUT2D eigenvalue weighted by molar-refractivity contribution is 7.91. The first-order valence-corrected chi connectivity index (χ1v) is 10.1. The number of aromatic nitrogens is 1. The molecule has 0 bridgehead atoms. The van der Waals surface area contributed by atoms with Gasteiger partial charge in [0.25, 0.3) is 5.91 Å². The highest BCUT2D eigenvalue weighted by atomic mass is 32.2. The summed E-state index contributed by atoms with van der Waals surface area (Å²) < 4.78 is 26.3. The molecule has 3 rings (SSSR count). The number of hydrogen-bond acceptors (Lipinski definition) is 4. The average Bonchev–Trinajstić information content (AvgIpc) is 2.69. The lowest BCUT2D eigenvalue weighted by Crippen LogP contribution is -2.32. The molecule has 1 atom stereocenters. The molecule has 0 spiro atoms. The second kappa shape index (κ2) is 8.14. The zero-order valence-electron chi connectivity index (χ0n) is 14.9. The zero-order chi connectivity index (χ0) is 19.3. The Morgan fingerprint density at radius 3 is 2.48 bits per heavy atom. The highest BCUT2D eigenvalue weighted by Crippen LogP contribution is 2.28. The number of sulfone groups is 1. The van der Waals surface area contributed by atoms with Gasteiger partial charge in [0.2, 0.25) is 0 Å². The lowest BCUT2D eigenvalue weighted by atomic mass is 10.1. The predicted molar refractivity (Wildman–Crippen MR) is 104 cm³/mol. The lowest BCUT2D eigenvalue weighted by Gasteiger charge is -2.19. The molecule has 1 heterocycles. The SMILES string of the molecule is Cc1cccc(C(=O)NCC(c2cccnc2)S(=O)(=O)c2ccccc2)c1. The third-order valence-corrected chi connectivity index (χ3v) is 6.35. The molecule has 1 N–H and O–H groups in total. The number of carbonyl (C=O) groups excluding carboxylic acids is 1. The second-order valence-corrected chi connectivity index (χ2v) is 8.34. The predicted octanol–water partition coefficient (Wildman–Crippen LogP) is 3.34. The van der Waals surface area contributed by atoms with E-state index in [-0.39, 0.29) is 17.3 Å². The summed E-state index contributed by atoms with van der Waals surface area (Å²) in [6, 6.07) is 18.8. The molecular weight excluding hydrogens is 360 g/mol.